The molecule has 7 heteroatoms. The van der Waals surface area contributed by atoms with Crippen LogP contribution in [0.1, 0.15) is 23.1 Å². The molecule has 3 aromatic rings. The van der Waals surface area contributed by atoms with Crippen LogP contribution in [0.2, 0.25) is 0 Å². The lowest BCUT2D eigenvalue weighted by Gasteiger charge is -2.03. The predicted molar refractivity (Wildman–Crippen MR) is 82.4 cm³/mol. The Morgan fingerprint density at radius 3 is 2.82 bits per heavy atom. The number of amides is 1. The van der Waals surface area contributed by atoms with Gasteiger partial charge in [-0.1, -0.05) is 0 Å². The molecule has 0 aliphatic heterocycles. The molecule has 0 saturated carbocycles. The first-order chi connectivity index (χ1) is 10.7. The average molecular weight is 296 g/mol. The fourth-order valence-corrected chi connectivity index (χ4v) is 2.21. The molecule has 1 amide bonds. The molecule has 0 fully saturated rings. The lowest BCUT2D eigenvalue weighted by Crippen LogP contribution is -2.17. The molecule has 0 unspecified atom stereocenters. The normalized spacial score (nSPS) is 10.6. The summed E-state index contributed by atoms with van der Waals surface area (Å²) in [4.78, 5) is 16.3. The number of aromatic nitrogens is 5. The minimum absolute atomic E-state index is 0.227. The van der Waals surface area contributed by atoms with Crippen molar-refractivity contribution in [2.24, 2.45) is 0 Å². The maximum absolute atomic E-state index is 12.3. The maximum atomic E-state index is 12.3. The summed E-state index contributed by atoms with van der Waals surface area (Å²) >= 11 is 0. The minimum Gasteiger partial charge on any atom is -0.304 e. The molecule has 0 saturated heterocycles. The van der Waals surface area contributed by atoms with Crippen molar-refractivity contribution in [1.82, 2.24) is 25.0 Å². The van der Waals surface area contributed by atoms with E-state index in [1.165, 1.54) is 0 Å². The summed E-state index contributed by atoms with van der Waals surface area (Å²) in [5.74, 6) is 0.244. The quantitative estimate of drug-likeness (QED) is 0.773. The van der Waals surface area contributed by atoms with Crippen molar-refractivity contribution in [2.45, 2.75) is 20.4 Å². The van der Waals surface area contributed by atoms with Crippen molar-refractivity contribution < 1.29 is 4.79 Å². The van der Waals surface area contributed by atoms with Gasteiger partial charge in [0.2, 0.25) is 0 Å². The molecule has 3 rings (SSSR count). The van der Waals surface area contributed by atoms with E-state index in [0.29, 0.717) is 18.1 Å². The van der Waals surface area contributed by atoms with Gasteiger partial charge in [0, 0.05) is 30.6 Å². The zero-order valence-electron chi connectivity index (χ0n) is 12.4. The van der Waals surface area contributed by atoms with Crippen LogP contribution in [-0.2, 0) is 6.54 Å². The number of aryl methyl sites for hydroxylation is 2. The molecule has 3 aromatic heterocycles. The summed E-state index contributed by atoms with van der Waals surface area (Å²) < 4.78 is 1.67. The molecule has 7 nitrogen and oxygen atoms in total. The first-order valence-corrected chi connectivity index (χ1v) is 6.99. The number of hydrogen-bond donors (Lipinski definition) is 2. The third-order valence-electron chi connectivity index (χ3n) is 3.25. The second kappa shape index (κ2) is 5.80. The summed E-state index contributed by atoms with van der Waals surface area (Å²) in [5, 5.41) is 14.1. The Bertz CT molecular complexity index is 789. The van der Waals surface area contributed by atoms with Crippen LogP contribution in [0.3, 0.4) is 0 Å². The highest BCUT2D eigenvalue weighted by atomic mass is 16.2. The molecule has 112 valence electrons. The number of carbonyl (C=O) groups is 1. The van der Waals surface area contributed by atoms with Gasteiger partial charge in [-0.05, 0) is 32.0 Å². The van der Waals surface area contributed by atoms with E-state index in [9.17, 15) is 4.79 Å². The molecule has 3 heterocycles. The van der Waals surface area contributed by atoms with Crippen LogP contribution in [0.15, 0.2) is 36.7 Å². The van der Waals surface area contributed by atoms with Crippen LogP contribution < -0.4 is 5.32 Å². The zero-order valence-corrected chi connectivity index (χ0v) is 12.4. The van der Waals surface area contributed by atoms with Crippen LogP contribution in [-0.4, -0.2) is 30.9 Å². The highest BCUT2D eigenvalue weighted by Crippen LogP contribution is 2.19. The van der Waals surface area contributed by atoms with E-state index in [4.69, 9.17) is 0 Å². The average Bonchev–Trinajstić information content (AvgIpc) is 3.14. The molecule has 2 N–H and O–H groups in total. The Morgan fingerprint density at radius 1 is 1.32 bits per heavy atom. The summed E-state index contributed by atoms with van der Waals surface area (Å²) in [6.45, 7) is 4.44. The van der Waals surface area contributed by atoms with E-state index >= 15 is 0 Å². The van der Waals surface area contributed by atoms with Crippen molar-refractivity contribution in [3.63, 3.8) is 0 Å². The fraction of sp³-hybridized carbons (Fsp3) is 0.200. The lowest BCUT2D eigenvalue weighted by atomic mass is 10.2. The predicted octanol–water partition coefficient (Wildman–Crippen LogP) is 2.25. The standard InChI is InChI=1S/C15H16N6O/c1-3-21-13(8-10(2)20-21)15(22)17-14-9-12(18-19-14)11-4-6-16-7-5-11/h4-9H,3H2,1-2H3,(H2,17,18,19,22). The number of carbonyl (C=O) groups excluding carboxylic acids is 1. The van der Waals surface area contributed by atoms with Gasteiger partial charge >= 0.3 is 0 Å². The van der Waals surface area contributed by atoms with Crippen LogP contribution in [0, 0.1) is 6.92 Å². The highest BCUT2D eigenvalue weighted by molar-refractivity contribution is 6.02. The first kappa shape index (κ1) is 14.0. The monoisotopic (exact) mass is 296 g/mol. The molecule has 0 radical (unpaired) electrons. The van der Waals surface area contributed by atoms with Crippen LogP contribution in [0.5, 0.6) is 0 Å². The number of hydrogen-bond acceptors (Lipinski definition) is 4. The van der Waals surface area contributed by atoms with Gasteiger partial charge in [0.15, 0.2) is 5.82 Å². The van der Waals surface area contributed by atoms with Gasteiger partial charge in [0.05, 0.1) is 11.4 Å². The second-order valence-electron chi connectivity index (χ2n) is 4.84. The van der Waals surface area contributed by atoms with E-state index in [2.05, 4.69) is 25.6 Å². The number of nitrogens with zero attached hydrogens (tertiary/aromatic N) is 4. The SMILES string of the molecule is CCn1nc(C)cc1C(=O)Nc1cc(-c2ccncc2)[nH]n1. The lowest BCUT2D eigenvalue weighted by molar-refractivity contribution is 0.101. The summed E-state index contributed by atoms with van der Waals surface area (Å²) in [7, 11) is 0. The third kappa shape index (κ3) is 2.73. The Labute approximate surface area is 127 Å². The van der Waals surface area contributed by atoms with Gasteiger partial charge in [0.25, 0.3) is 5.91 Å². The van der Waals surface area contributed by atoms with E-state index in [-0.39, 0.29) is 5.91 Å². The Hall–Kier alpha value is -2.96. The Morgan fingerprint density at radius 2 is 2.09 bits per heavy atom. The highest BCUT2D eigenvalue weighted by Gasteiger charge is 2.14. The van der Waals surface area contributed by atoms with E-state index in [1.54, 1.807) is 29.2 Å². The zero-order chi connectivity index (χ0) is 15.5. The van der Waals surface area contributed by atoms with Crippen molar-refractivity contribution in [1.29, 1.82) is 0 Å². The number of aromatic amines is 1. The molecule has 22 heavy (non-hydrogen) atoms. The number of anilines is 1. The third-order valence-corrected chi connectivity index (χ3v) is 3.25. The van der Waals surface area contributed by atoms with Crippen molar-refractivity contribution in [3.05, 3.63) is 48.0 Å². The molecule has 0 bridgehead atoms. The smallest absolute Gasteiger partial charge is 0.275 e. The largest absolute Gasteiger partial charge is 0.304 e. The van der Waals surface area contributed by atoms with Crippen LogP contribution in [0.25, 0.3) is 11.3 Å². The molecule has 0 aliphatic carbocycles. The summed E-state index contributed by atoms with van der Waals surface area (Å²) in [6.07, 6.45) is 3.41. The first-order valence-electron chi connectivity index (χ1n) is 6.99. The summed E-state index contributed by atoms with van der Waals surface area (Å²) in [6, 6.07) is 7.28. The molecular formula is C15H16N6O. The molecular weight excluding hydrogens is 280 g/mol. The van der Waals surface area contributed by atoms with E-state index in [1.807, 2.05) is 26.0 Å². The maximum Gasteiger partial charge on any atom is 0.275 e. The molecule has 0 atom stereocenters. The van der Waals surface area contributed by atoms with Crippen LogP contribution in [0.4, 0.5) is 5.82 Å². The van der Waals surface area contributed by atoms with E-state index in [0.717, 1.165) is 17.0 Å². The van der Waals surface area contributed by atoms with E-state index < -0.39 is 0 Å². The van der Waals surface area contributed by atoms with Gasteiger partial charge in [-0.2, -0.15) is 10.2 Å². The van der Waals surface area contributed by atoms with Gasteiger partial charge < -0.3 is 5.32 Å². The molecule has 0 aliphatic rings. The Balaban J connectivity index is 1.79. The van der Waals surface area contributed by atoms with Crippen molar-refractivity contribution >= 4 is 11.7 Å². The van der Waals surface area contributed by atoms with Crippen molar-refractivity contribution in [2.75, 3.05) is 5.32 Å². The Kier molecular flexibility index (Phi) is 3.69. The van der Waals surface area contributed by atoms with Gasteiger partial charge in [-0.15, -0.1) is 0 Å². The number of nitrogens with one attached hydrogen (secondary N) is 2. The van der Waals surface area contributed by atoms with Crippen LogP contribution >= 0.6 is 0 Å². The number of pyridine rings is 1. The number of rotatable bonds is 4. The number of H-pyrrole nitrogens is 1. The van der Waals surface area contributed by atoms with Crippen molar-refractivity contribution in [3.8, 4) is 11.3 Å². The van der Waals surface area contributed by atoms with Gasteiger partial charge in [-0.25, -0.2) is 0 Å². The minimum atomic E-state index is -0.227. The fourth-order valence-electron chi connectivity index (χ4n) is 2.21. The molecule has 0 aromatic carbocycles. The molecule has 0 spiro atoms. The summed E-state index contributed by atoms with van der Waals surface area (Å²) in [5.41, 5.74) is 3.11. The van der Waals surface area contributed by atoms with Gasteiger partial charge in [-0.3, -0.25) is 19.6 Å². The second-order valence-corrected chi connectivity index (χ2v) is 4.84. The van der Waals surface area contributed by atoms with Gasteiger partial charge in [0.1, 0.15) is 5.69 Å². The topological polar surface area (TPSA) is 88.5 Å².